The first-order valence-electron chi connectivity index (χ1n) is 10.9. The number of fused-ring (bicyclic) bond motifs is 1. The van der Waals surface area contributed by atoms with Crippen molar-refractivity contribution in [1.29, 1.82) is 0 Å². The second kappa shape index (κ2) is 13.7. The fraction of sp³-hybridized carbons (Fsp3) is 0.565. The highest BCUT2D eigenvalue weighted by Crippen LogP contribution is 2.16. The van der Waals surface area contributed by atoms with Crippen LogP contribution in [-0.4, -0.2) is 48.6 Å². The van der Waals surface area contributed by atoms with Crippen molar-refractivity contribution < 1.29 is 0 Å². The Morgan fingerprint density at radius 1 is 1.03 bits per heavy atom. The SMILES string of the molecule is CCNC(=NCc1ccnc2ccccc12)NCCCCCN1CCCCC1.I. The van der Waals surface area contributed by atoms with Crippen LogP contribution >= 0.6 is 24.0 Å². The molecule has 0 spiro atoms. The van der Waals surface area contributed by atoms with Gasteiger partial charge in [0.25, 0.3) is 0 Å². The molecule has 29 heavy (non-hydrogen) atoms. The summed E-state index contributed by atoms with van der Waals surface area (Å²) in [6.07, 6.45) is 9.83. The summed E-state index contributed by atoms with van der Waals surface area (Å²) >= 11 is 0. The molecule has 0 radical (unpaired) electrons. The van der Waals surface area contributed by atoms with Crippen LogP contribution in [0.25, 0.3) is 10.9 Å². The van der Waals surface area contributed by atoms with Crippen molar-refractivity contribution >= 4 is 40.8 Å². The van der Waals surface area contributed by atoms with Gasteiger partial charge in [0.15, 0.2) is 5.96 Å². The molecule has 0 bridgehead atoms. The number of guanidine groups is 1. The van der Waals surface area contributed by atoms with Gasteiger partial charge in [-0.25, -0.2) is 4.99 Å². The van der Waals surface area contributed by atoms with E-state index in [-0.39, 0.29) is 24.0 Å². The zero-order chi connectivity index (χ0) is 19.4. The number of aliphatic imine (C=N–C) groups is 1. The number of hydrogen-bond donors (Lipinski definition) is 2. The smallest absolute Gasteiger partial charge is 0.191 e. The van der Waals surface area contributed by atoms with E-state index in [0.717, 1.165) is 24.6 Å². The Morgan fingerprint density at radius 2 is 1.86 bits per heavy atom. The van der Waals surface area contributed by atoms with Crippen molar-refractivity contribution in [3.63, 3.8) is 0 Å². The van der Waals surface area contributed by atoms with Gasteiger partial charge < -0.3 is 15.5 Å². The third-order valence-electron chi connectivity index (χ3n) is 5.38. The number of benzene rings is 1. The van der Waals surface area contributed by atoms with E-state index in [4.69, 9.17) is 4.99 Å². The van der Waals surface area contributed by atoms with Crippen LogP contribution in [0.1, 0.15) is 51.0 Å². The van der Waals surface area contributed by atoms with Gasteiger partial charge >= 0.3 is 0 Å². The summed E-state index contributed by atoms with van der Waals surface area (Å²) < 4.78 is 0. The van der Waals surface area contributed by atoms with Gasteiger partial charge in [-0.3, -0.25) is 4.98 Å². The van der Waals surface area contributed by atoms with Crippen LogP contribution in [0.3, 0.4) is 0 Å². The first-order valence-corrected chi connectivity index (χ1v) is 10.9. The van der Waals surface area contributed by atoms with Crippen LogP contribution in [0, 0.1) is 0 Å². The van der Waals surface area contributed by atoms with Gasteiger partial charge in [0.1, 0.15) is 0 Å². The normalized spacial score (nSPS) is 15.1. The Hall–Kier alpha value is -1.41. The minimum absolute atomic E-state index is 0. The van der Waals surface area contributed by atoms with E-state index in [2.05, 4.69) is 51.7 Å². The second-order valence-corrected chi connectivity index (χ2v) is 7.57. The molecule has 160 valence electrons. The predicted molar refractivity (Wildman–Crippen MR) is 134 cm³/mol. The van der Waals surface area contributed by atoms with E-state index in [1.807, 2.05) is 12.3 Å². The van der Waals surface area contributed by atoms with Gasteiger partial charge in [-0.05, 0) is 69.9 Å². The van der Waals surface area contributed by atoms with Crippen LogP contribution < -0.4 is 10.6 Å². The predicted octanol–water partition coefficient (Wildman–Crippen LogP) is 4.56. The molecule has 6 heteroatoms. The third-order valence-corrected chi connectivity index (χ3v) is 5.38. The molecule has 0 atom stereocenters. The monoisotopic (exact) mass is 509 g/mol. The maximum atomic E-state index is 4.78. The molecule has 0 aliphatic carbocycles. The quantitative estimate of drug-likeness (QED) is 0.225. The van der Waals surface area contributed by atoms with Crippen LogP contribution in [0.5, 0.6) is 0 Å². The molecule has 1 aliphatic rings. The molecule has 2 aromatic rings. The average Bonchev–Trinajstić information content (AvgIpc) is 2.75. The number of rotatable bonds is 9. The van der Waals surface area contributed by atoms with Crippen molar-refractivity contribution in [1.82, 2.24) is 20.5 Å². The molecule has 3 rings (SSSR count). The highest BCUT2D eigenvalue weighted by molar-refractivity contribution is 14.0. The van der Waals surface area contributed by atoms with Crippen LogP contribution in [0.2, 0.25) is 0 Å². The lowest BCUT2D eigenvalue weighted by Gasteiger charge is -2.26. The van der Waals surface area contributed by atoms with Gasteiger partial charge in [-0.2, -0.15) is 0 Å². The zero-order valence-corrected chi connectivity index (χ0v) is 20.0. The summed E-state index contributed by atoms with van der Waals surface area (Å²) in [4.78, 5) is 11.8. The number of unbranched alkanes of at least 4 members (excludes halogenated alkanes) is 2. The molecule has 1 aromatic heterocycles. The van der Waals surface area contributed by atoms with Crippen LogP contribution in [0.15, 0.2) is 41.5 Å². The summed E-state index contributed by atoms with van der Waals surface area (Å²) in [5, 5.41) is 8.03. The highest BCUT2D eigenvalue weighted by atomic mass is 127. The molecule has 2 heterocycles. The van der Waals surface area contributed by atoms with Gasteiger partial charge in [-0.1, -0.05) is 31.0 Å². The number of nitrogens with zero attached hydrogens (tertiary/aromatic N) is 3. The Bertz CT molecular complexity index is 738. The van der Waals surface area contributed by atoms with E-state index in [9.17, 15) is 0 Å². The summed E-state index contributed by atoms with van der Waals surface area (Å²) in [7, 11) is 0. The van der Waals surface area contributed by atoms with Crippen molar-refractivity contribution in [2.45, 2.75) is 52.0 Å². The maximum Gasteiger partial charge on any atom is 0.191 e. The Labute approximate surface area is 192 Å². The largest absolute Gasteiger partial charge is 0.357 e. The summed E-state index contributed by atoms with van der Waals surface area (Å²) in [6.45, 7) is 8.49. The summed E-state index contributed by atoms with van der Waals surface area (Å²) in [5.41, 5.74) is 2.24. The number of piperidine rings is 1. The van der Waals surface area contributed by atoms with Gasteiger partial charge in [0.2, 0.25) is 0 Å². The number of halogens is 1. The molecule has 0 amide bonds. The molecule has 0 saturated carbocycles. The van der Waals surface area contributed by atoms with E-state index >= 15 is 0 Å². The molecule has 1 aromatic carbocycles. The van der Waals surface area contributed by atoms with E-state index < -0.39 is 0 Å². The lowest BCUT2D eigenvalue weighted by Crippen LogP contribution is -2.37. The van der Waals surface area contributed by atoms with Crippen LogP contribution in [0.4, 0.5) is 0 Å². The van der Waals surface area contributed by atoms with E-state index in [1.54, 1.807) is 0 Å². The standard InChI is InChI=1S/C23H35N5.HI/c1-2-24-23(26-14-7-3-8-16-28-17-9-4-10-18-28)27-19-20-13-15-25-22-12-6-5-11-21(20)22;/h5-6,11-13,15H,2-4,7-10,14,16-19H2,1H3,(H2,24,26,27);1H. The lowest BCUT2D eigenvalue weighted by atomic mass is 10.1. The summed E-state index contributed by atoms with van der Waals surface area (Å²) in [5.74, 6) is 0.902. The molecular weight excluding hydrogens is 473 g/mol. The number of aromatic nitrogens is 1. The molecule has 0 unspecified atom stereocenters. The van der Waals surface area contributed by atoms with Gasteiger partial charge in [-0.15, -0.1) is 24.0 Å². The molecule has 1 saturated heterocycles. The number of hydrogen-bond acceptors (Lipinski definition) is 3. The number of likely N-dealkylation sites (tertiary alicyclic amines) is 1. The second-order valence-electron chi connectivity index (χ2n) is 7.57. The zero-order valence-electron chi connectivity index (χ0n) is 17.7. The third kappa shape index (κ3) is 8.09. The topological polar surface area (TPSA) is 52.6 Å². The number of nitrogens with one attached hydrogen (secondary N) is 2. The minimum atomic E-state index is 0. The van der Waals surface area contributed by atoms with Crippen molar-refractivity contribution in [2.24, 2.45) is 4.99 Å². The molecule has 2 N–H and O–H groups in total. The first-order chi connectivity index (χ1) is 13.9. The first kappa shape index (κ1) is 23.9. The number of pyridine rings is 1. The Kier molecular flexibility index (Phi) is 11.3. The van der Waals surface area contributed by atoms with Crippen molar-refractivity contribution in [3.05, 3.63) is 42.1 Å². The Balaban J connectivity index is 0.00000300. The van der Waals surface area contributed by atoms with Crippen LogP contribution in [-0.2, 0) is 6.54 Å². The summed E-state index contributed by atoms with van der Waals surface area (Å²) in [6, 6.07) is 10.3. The molecule has 1 fully saturated rings. The average molecular weight is 509 g/mol. The lowest BCUT2D eigenvalue weighted by molar-refractivity contribution is 0.224. The maximum absolute atomic E-state index is 4.78. The minimum Gasteiger partial charge on any atom is -0.357 e. The molecule has 5 nitrogen and oxygen atoms in total. The van der Waals surface area contributed by atoms with Gasteiger partial charge in [0, 0.05) is 24.7 Å². The van der Waals surface area contributed by atoms with Crippen molar-refractivity contribution in [2.75, 3.05) is 32.7 Å². The number of para-hydroxylation sites is 1. The molecular formula is C23H36IN5. The highest BCUT2D eigenvalue weighted by Gasteiger charge is 2.08. The van der Waals surface area contributed by atoms with Gasteiger partial charge in [0.05, 0.1) is 12.1 Å². The fourth-order valence-electron chi connectivity index (χ4n) is 3.83. The van der Waals surface area contributed by atoms with Crippen molar-refractivity contribution in [3.8, 4) is 0 Å². The fourth-order valence-corrected chi connectivity index (χ4v) is 3.83. The van der Waals surface area contributed by atoms with E-state index in [1.165, 1.54) is 69.1 Å². The Morgan fingerprint density at radius 3 is 2.69 bits per heavy atom. The molecule has 1 aliphatic heterocycles. The van der Waals surface area contributed by atoms with E-state index in [0.29, 0.717) is 6.54 Å².